The van der Waals surface area contributed by atoms with Gasteiger partial charge in [0.2, 0.25) is 5.91 Å². The second-order valence-corrected chi connectivity index (χ2v) is 7.22. The molecule has 4 aromatic rings. The molecule has 0 aliphatic carbocycles. The molecule has 0 radical (unpaired) electrons. The van der Waals surface area contributed by atoms with Gasteiger partial charge in [0.05, 0.1) is 11.7 Å². The molecule has 27 heavy (non-hydrogen) atoms. The van der Waals surface area contributed by atoms with Crippen LogP contribution in [-0.2, 0) is 17.8 Å². The predicted molar refractivity (Wildman–Crippen MR) is 105 cm³/mol. The van der Waals surface area contributed by atoms with Crippen LogP contribution in [0.5, 0.6) is 0 Å². The van der Waals surface area contributed by atoms with Gasteiger partial charge < -0.3 is 5.32 Å². The number of rotatable bonds is 5. The molecule has 8 heteroatoms. The highest BCUT2D eigenvalue weighted by Crippen LogP contribution is 2.24. The number of amides is 1. The number of nitrogens with one attached hydrogen (secondary N) is 1. The lowest BCUT2D eigenvalue weighted by atomic mass is 10.2. The van der Waals surface area contributed by atoms with Gasteiger partial charge in [0.1, 0.15) is 22.7 Å². The van der Waals surface area contributed by atoms with Crippen LogP contribution in [0.1, 0.15) is 31.4 Å². The van der Waals surface area contributed by atoms with Gasteiger partial charge in [-0.3, -0.25) is 19.0 Å². The van der Waals surface area contributed by atoms with E-state index in [0.717, 1.165) is 21.7 Å². The first-order valence-corrected chi connectivity index (χ1v) is 9.65. The molecule has 4 aromatic heterocycles. The van der Waals surface area contributed by atoms with Crippen molar-refractivity contribution < 1.29 is 4.79 Å². The second kappa shape index (κ2) is 6.96. The summed E-state index contributed by atoms with van der Waals surface area (Å²) in [6.07, 6.45) is 2.34. The van der Waals surface area contributed by atoms with Gasteiger partial charge in [0, 0.05) is 18.0 Å². The van der Waals surface area contributed by atoms with E-state index in [2.05, 4.69) is 15.4 Å². The topological polar surface area (TPSA) is 81.3 Å². The zero-order valence-electron chi connectivity index (χ0n) is 15.0. The van der Waals surface area contributed by atoms with Crippen LogP contribution in [0.25, 0.3) is 15.7 Å². The van der Waals surface area contributed by atoms with Gasteiger partial charge in [-0.15, -0.1) is 11.3 Å². The molecule has 1 amide bonds. The lowest BCUT2D eigenvalue weighted by molar-refractivity contribution is -0.122. The Labute approximate surface area is 159 Å². The molecule has 0 bridgehead atoms. The average Bonchev–Trinajstić information content (AvgIpc) is 3.26. The number of aromatic nitrogens is 4. The molecule has 0 aliphatic rings. The normalized spacial score (nSPS) is 12.5. The fraction of sp³-hybridized carbons (Fsp3) is 0.263. The Bertz CT molecular complexity index is 1180. The monoisotopic (exact) mass is 381 g/mol. The van der Waals surface area contributed by atoms with E-state index in [1.807, 2.05) is 54.0 Å². The maximum Gasteiger partial charge on any atom is 0.291 e. The SMILES string of the molecule is CCc1nn(CC(=O)NC(C)c2ccccn2)c(=O)c2cc3ccsc3n12. The zero-order valence-corrected chi connectivity index (χ0v) is 15.9. The number of hydrogen-bond donors (Lipinski definition) is 1. The fourth-order valence-electron chi connectivity index (χ4n) is 3.16. The summed E-state index contributed by atoms with van der Waals surface area (Å²) in [5, 5.41) is 10.3. The number of pyridine rings is 1. The third-order valence-electron chi connectivity index (χ3n) is 4.48. The summed E-state index contributed by atoms with van der Waals surface area (Å²) >= 11 is 1.58. The minimum Gasteiger partial charge on any atom is -0.346 e. The lowest BCUT2D eigenvalue weighted by Crippen LogP contribution is -2.36. The van der Waals surface area contributed by atoms with E-state index in [0.29, 0.717) is 11.9 Å². The van der Waals surface area contributed by atoms with Crippen molar-refractivity contribution in [3.05, 3.63) is 63.8 Å². The van der Waals surface area contributed by atoms with Crippen molar-refractivity contribution in [2.24, 2.45) is 0 Å². The zero-order chi connectivity index (χ0) is 19.0. The van der Waals surface area contributed by atoms with Crippen molar-refractivity contribution in [2.45, 2.75) is 32.9 Å². The Morgan fingerprint density at radius 3 is 2.93 bits per heavy atom. The number of carbonyl (C=O) groups excluding carboxylic acids is 1. The highest BCUT2D eigenvalue weighted by atomic mass is 32.1. The molecule has 7 nitrogen and oxygen atoms in total. The quantitative estimate of drug-likeness (QED) is 0.576. The van der Waals surface area contributed by atoms with Gasteiger partial charge in [0.25, 0.3) is 5.56 Å². The molecule has 4 rings (SSSR count). The minimum atomic E-state index is -0.275. The molecule has 1 N–H and O–H groups in total. The lowest BCUT2D eigenvalue weighted by Gasteiger charge is -2.14. The number of fused-ring (bicyclic) bond motifs is 3. The second-order valence-electron chi connectivity index (χ2n) is 6.32. The van der Waals surface area contributed by atoms with E-state index >= 15 is 0 Å². The number of nitrogens with zero attached hydrogens (tertiary/aromatic N) is 4. The fourth-order valence-corrected chi connectivity index (χ4v) is 4.08. The molecule has 4 heterocycles. The van der Waals surface area contributed by atoms with Crippen molar-refractivity contribution in [1.82, 2.24) is 24.5 Å². The van der Waals surface area contributed by atoms with Crippen molar-refractivity contribution in [3.63, 3.8) is 0 Å². The van der Waals surface area contributed by atoms with Crippen molar-refractivity contribution in [3.8, 4) is 0 Å². The van der Waals surface area contributed by atoms with Gasteiger partial charge in [-0.05, 0) is 36.6 Å². The first-order chi connectivity index (χ1) is 13.1. The first-order valence-electron chi connectivity index (χ1n) is 8.77. The van der Waals surface area contributed by atoms with Crippen molar-refractivity contribution in [2.75, 3.05) is 0 Å². The number of thiophene rings is 1. The minimum absolute atomic E-state index is 0.127. The number of aryl methyl sites for hydroxylation is 1. The number of carbonyl (C=O) groups is 1. The standard InChI is InChI=1S/C19H19N5O2S/c1-3-16-22-23(11-17(25)21-12(2)14-6-4-5-8-20-14)18(26)15-10-13-7-9-27-19(13)24(15)16/h4-10,12H,3,11H2,1-2H3,(H,21,25). The largest absolute Gasteiger partial charge is 0.346 e. The average molecular weight is 381 g/mol. The summed E-state index contributed by atoms with van der Waals surface area (Å²) in [5.74, 6) is 0.482. The molecular weight excluding hydrogens is 362 g/mol. The Morgan fingerprint density at radius 1 is 1.33 bits per heavy atom. The van der Waals surface area contributed by atoms with Crippen molar-refractivity contribution >= 4 is 33.0 Å². The molecule has 1 atom stereocenters. The van der Waals surface area contributed by atoms with Gasteiger partial charge in [-0.25, -0.2) is 4.68 Å². The predicted octanol–water partition coefficient (Wildman–Crippen LogP) is 2.55. The summed E-state index contributed by atoms with van der Waals surface area (Å²) < 4.78 is 3.14. The van der Waals surface area contributed by atoms with E-state index < -0.39 is 0 Å². The summed E-state index contributed by atoms with van der Waals surface area (Å²) in [6, 6.07) is 9.14. The maximum atomic E-state index is 12.8. The summed E-state index contributed by atoms with van der Waals surface area (Å²) in [7, 11) is 0. The summed E-state index contributed by atoms with van der Waals surface area (Å²) in [4.78, 5) is 30.6. The Kier molecular flexibility index (Phi) is 4.49. The summed E-state index contributed by atoms with van der Waals surface area (Å²) in [6.45, 7) is 3.72. The van der Waals surface area contributed by atoms with Crippen LogP contribution >= 0.6 is 11.3 Å². The Hall–Kier alpha value is -3.00. The van der Waals surface area contributed by atoms with Crippen LogP contribution in [0.2, 0.25) is 0 Å². The molecule has 0 saturated heterocycles. The van der Waals surface area contributed by atoms with Gasteiger partial charge in [-0.2, -0.15) is 5.10 Å². The van der Waals surface area contributed by atoms with Gasteiger partial charge >= 0.3 is 0 Å². The Balaban J connectivity index is 1.64. The Morgan fingerprint density at radius 2 is 2.19 bits per heavy atom. The van der Waals surface area contributed by atoms with Crippen LogP contribution in [0.4, 0.5) is 0 Å². The van der Waals surface area contributed by atoms with Crippen LogP contribution in [-0.4, -0.2) is 25.1 Å². The van der Waals surface area contributed by atoms with Gasteiger partial charge in [-0.1, -0.05) is 13.0 Å². The maximum absolute atomic E-state index is 12.8. The first kappa shape index (κ1) is 17.4. The molecule has 138 valence electrons. The van der Waals surface area contributed by atoms with E-state index in [1.54, 1.807) is 17.5 Å². The molecule has 0 aliphatic heterocycles. The smallest absolute Gasteiger partial charge is 0.291 e. The van der Waals surface area contributed by atoms with E-state index in [9.17, 15) is 9.59 Å². The van der Waals surface area contributed by atoms with Gasteiger partial charge in [0.15, 0.2) is 0 Å². The van der Waals surface area contributed by atoms with E-state index in [4.69, 9.17) is 0 Å². The number of hydrogen-bond acceptors (Lipinski definition) is 5. The molecule has 0 spiro atoms. The highest BCUT2D eigenvalue weighted by molar-refractivity contribution is 7.16. The third kappa shape index (κ3) is 3.12. The third-order valence-corrected chi connectivity index (χ3v) is 5.39. The van der Waals surface area contributed by atoms with E-state index in [1.165, 1.54) is 4.68 Å². The van der Waals surface area contributed by atoms with E-state index in [-0.39, 0.29) is 24.1 Å². The van der Waals surface area contributed by atoms with Crippen LogP contribution in [0, 0.1) is 0 Å². The molecule has 0 fully saturated rings. The summed E-state index contributed by atoms with van der Waals surface area (Å²) in [5.41, 5.74) is 1.05. The molecule has 0 saturated carbocycles. The molecule has 0 aromatic carbocycles. The van der Waals surface area contributed by atoms with Crippen LogP contribution < -0.4 is 10.9 Å². The highest BCUT2D eigenvalue weighted by Gasteiger charge is 2.17. The van der Waals surface area contributed by atoms with Crippen molar-refractivity contribution in [1.29, 1.82) is 0 Å². The molecular formula is C19H19N5O2S. The van der Waals surface area contributed by atoms with Crippen LogP contribution in [0.3, 0.4) is 0 Å². The van der Waals surface area contributed by atoms with Crippen LogP contribution in [0.15, 0.2) is 46.7 Å². The molecule has 1 unspecified atom stereocenters.